The fourth-order valence-electron chi connectivity index (χ4n) is 1.00. The molecule has 0 amide bonds. The molecule has 0 aliphatic rings. The van der Waals surface area contributed by atoms with Gasteiger partial charge in [-0.05, 0) is 12.1 Å². The molecule has 0 unspecified atom stereocenters. The summed E-state index contributed by atoms with van der Waals surface area (Å²) in [4.78, 5) is 22.1. The lowest BCUT2D eigenvalue weighted by molar-refractivity contribution is 0.0594. The molecule has 0 bridgehead atoms. The first kappa shape index (κ1) is 15.9. The summed E-state index contributed by atoms with van der Waals surface area (Å²) in [6, 6.07) is 3.04. The number of guanidine groups is 1. The van der Waals surface area contributed by atoms with Crippen LogP contribution in [-0.4, -0.2) is 29.0 Å². The minimum absolute atomic E-state index is 0.0463. The van der Waals surface area contributed by atoms with E-state index in [4.69, 9.17) is 23.1 Å². The van der Waals surface area contributed by atoms with Gasteiger partial charge in [-0.3, -0.25) is 0 Å². The highest BCUT2D eigenvalue weighted by molar-refractivity contribution is 7.13. The van der Waals surface area contributed by atoms with E-state index in [9.17, 15) is 4.79 Å². The second-order valence-electron chi connectivity index (χ2n) is 3.20. The molecule has 0 saturated heterocycles. The molecular weight excluding hydrogens is 302 g/mol. The van der Waals surface area contributed by atoms with E-state index >= 15 is 0 Å². The third-order valence-electron chi connectivity index (χ3n) is 1.76. The highest BCUT2D eigenvalue weighted by Gasteiger charge is 2.05. The lowest BCUT2D eigenvalue weighted by Gasteiger charge is -1.96. The van der Waals surface area contributed by atoms with E-state index in [0.29, 0.717) is 10.2 Å². The number of aromatic nitrogens is 2. The predicted octanol–water partition coefficient (Wildman–Crippen LogP) is 1.57. The molecule has 0 spiro atoms. The molecule has 2 aromatic rings. The second-order valence-corrected chi connectivity index (χ2v) is 4.51. The largest absolute Gasteiger partial charge is 0.464 e. The van der Waals surface area contributed by atoms with E-state index in [1.807, 2.05) is 5.38 Å². The third-order valence-corrected chi connectivity index (χ3v) is 2.66. The number of methoxy groups -OCH3 is 1. The predicted molar refractivity (Wildman–Crippen MR) is 78.2 cm³/mol. The molecule has 0 aromatic carbocycles. The molecule has 0 aliphatic heterocycles. The Morgan fingerprint density at radius 2 is 2.15 bits per heavy atom. The number of esters is 1. The molecule has 2 heterocycles. The maximum absolute atomic E-state index is 10.8. The van der Waals surface area contributed by atoms with Crippen LogP contribution in [-0.2, 0) is 4.74 Å². The van der Waals surface area contributed by atoms with Crippen molar-refractivity contribution in [2.75, 3.05) is 7.11 Å². The van der Waals surface area contributed by atoms with Crippen molar-refractivity contribution in [3.63, 3.8) is 0 Å². The fraction of sp³-hybridized carbons (Fsp3) is 0.0909. The van der Waals surface area contributed by atoms with Gasteiger partial charge in [0.05, 0.1) is 7.11 Å². The number of carbonyl (C=O) groups is 1. The van der Waals surface area contributed by atoms with Crippen LogP contribution < -0.4 is 11.5 Å². The van der Waals surface area contributed by atoms with Crippen LogP contribution in [0.5, 0.6) is 0 Å². The standard InChI is InChI=1S/C7H6ClNO2.C4H6N4S/c1-11-7(10)6-4-5(8)2-3-9-6;5-3(6)8-4-7-1-2-9-4/h2-4H,1H3;1-2H,(H4,5,6,7,8). The number of halogens is 1. The van der Waals surface area contributed by atoms with Crippen molar-refractivity contribution in [2.24, 2.45) is 16.5 Å². The number of pyridine rings is 1. The third kappa shape index (κ3) is 5.63. The summed E-state index contributed by atoms with van der Waals surface area (Å²) in [5.41, 5.74) is 10.4. The maximum Gasteiger partial charge on any atom is 0.356 e. The average Bonchev–Trinajstić information content (AvgIpc) is 2.90. The van der Waals surface area contributed by atoms with Crippen LogP contribution in [0, 0.1) is 0 Å². The van der Waals surface area contributed by atoms with E-state index in [0.717, 1.165) is 0 Å². The van der Waals surface area contributed by atoms with Gasteiger partial charge < -0.3 is 16.2 Å². The van der Waals surface area contributed by atoms with Gasteiger partial charge in [-0.2, -0.15) is 4.99 Å². The molecule has 0 fully saturated rings. The van der Waals surface area contributed by atoms with Gasteiger partial charge in [0.2, 0.25) is 5.13 Å². The van der Waals surface area contributed by atoms with E-state index in [1.54, 1.807) is 12.3 Å². The summed E-state index contributed by atoms with van der Waals surface area (Å²) in [5.74, 6) is -0.433. The zero-order chi connectivity index (χ0) is 15.0. The van der Waals surface area contributed by atoms with Crippen LogP contribution >= 0.6 is 22.9 Å². The first-order chi connectivity index (χ1) is 9.52. The summed E-state index contributed by atoms with van der Waals surface area (Å²) in [7, 11) is 1.30. The molecule has 106 valence electrons. The van der Waals surface area contributed by atoms with Crippen molar-refractivity contribution in [3.8, 4) is 0 Å². The van der Waals surface area contributed by atoms with Gasteiger partial charge in [0, 0.05) is 22.8 Å². The number of carbonyl (C=O) groups excluding carboxylic acids is 1. The van der Waals surface area contributed by atoms with Gasteiger partial charge in [0.25, 0.3) is 0 Å². The van der Waals surface area contributed by atoms with Crippen molar-refractivity contribution >= 4 is 40.0 Å². The fourth-order valence-corrected chi connectivity index (χ4v) is 1.69. The summed E-state index contributed by atoms with van der Waals surface area (Å²) < 4.78 is 4.43. The van der Waals surface area contributed by atoms with Crippen LogP contribution in [0.25, 0.3) is 0 Å². The molecule has 0 radical (unpaired) electrons. The summed E-state index contributed by atoms with van der Waals surface area (Å²) in [6.07, 6.45) is 3.10. The Labute approximate surface area is 124 Å². The quantitative estimate of drug-likeness (QED) is 0.494. The van der Waals surface area contributed by atoms with Crippen LogP contribution in [0.3, 0.4) is 0 Å². The Bertz CT molecular complexity index is 584. The molecular formula is C11H12ClN5O2S. The lowest BCUT2D eigenvalue weighted by Crippen LogP contribution is -2.21. The molecule has 7 nitrogen and oxygen atoms in total. The van der Waals surface area contributed by atoms with Crippen molar-refractivity contribution in [1.29, 1.82) is 0 Å². The van der Waals surface area contributed by atoms with Crippen LogP contribution in [0.4, 0.5) is 5.13 Å². The Kier molecular flexibility index (Phi) is 6.41. The number of hydrogen-bond donors (Lipinski definition) is 2. The minimum Gasteiger partial charge on any atom is -0.464 e. The maximum atomic E-state index is 10.8. The van der Waals surface area contributed by atoms with Crippen molar-refractivity contribution < 1.29 is 9.53 Å². The second kappa shape index (κ2) is 8.08. The van der Waals surface area contributed by atoms with E-state index < -0.39 is 5.97 Å². The highest BCUT2D eigenvalue weighted by atomic mass is 35.5. The van der Waals surface area contributed by atoms with Crippen LogP contribution in [0.2, 0.25) is 5.02 Å². The Morgan fingerprint density at radius 3 is 2.65 bits per heavy atom. The first-order valence-corrected chi connectivity index (χ1v) is 6.47. The lowest BCUT2D eigenvalue weighted by atomic mass is 10.3. The molecule has 2 aromatic heterocycles. The number of aliphatic imine (C=N–C) groups is 1. The summed E-state index contributed by atoms with van der Waals surface area (Å²) in [6.45, 7) is 0. The Morgan fingerprint density at radius 1 is 1.40 bits per heavy atom. The molecule has 0 saturated carbocycles. The number of rotatable bonds is 2. The van der Waals surface area contributed by atoms with E-state index in [-0.39, 0.29) is 11.7 Å². The average molecular weight is 314 g/mol. The van der Waals surface area contributed by atoms with Gasteiger partial charge in [0.1, 0.15) is 5.69 Å². The van der Waals surface area contributed by atoms with Crippen molar-refractivity contribution in [2.45, 2.75) is 0 Å². The van der Waals surface area contributed by atoms with Gasteiger partial charge in [-0.15, -0.1) is 11.3 Å². The van der Waals surface area contributed by atoms with Crippen molar-refractivity contribution in [3.05, 3.63) is 40.6 Å². The zero-order valence-electron chi connectivity index (χ0n) is 10.5. The monoisotopic (exact) mass is 313 g/mol. The zero-order valence-corrected chi connectivity index (χ0v) is 12.1. The Balaban J connectivity index is 0.000000204. The van der Waals surface area contributed by atoms with E-state index in [2.05, 4.69) is 19.7 Å². The number of nitrogens with two attached hydrogens (primary N) is 2. The molecule has 4 N–H and O–H groups in total. The van der Waals surface area contributed by atoms with Gasteiger partial charge in [-0.25, -0.2) is 14.8 Å². The number of nitrogens with zero attached hydrogens (tertiary/aromatic N) is 3. The molecule has 20 heavy (non-hydrogen) atoms. The topological polar surface area (TPSA) is 116 Å². The minimum atomic E-state index is -0.479. The molecule has 0 atom stereocenters. The van der Waals surface area contributed by atoms with Gasteiger partial charge in [-0.1, -0.05) is 11.6 Å². The summed E-state index contributed by atoms with van der Waals surface area (Å²) >= 11 is 6.99. The summed E-state index contributed by atoms with van der Waals surface area (Å²) in [5, 5.41) is 2.87. The van der Waals surface area contributed by atoms with Crippen LogP contribution in [0.1, 0.15) is 10.5 Å². The molecule has 0 aliphatic carbocycles. The normalized spacial score (nSPS) is 9.10. The number of hydrogen-bond acceptors (Lipinski definition) is 6. The number of thiazole rings is 1. The van der Waals surface area contributed by atoms with Gasteiger partial charge in [0.15, 0.2) is 5.96 Å². The first-order valence-electron chi connectivity index (χ1n) is 5.22. The number of ether oxygens (including phenoxy) is 1. The van der Waals surface area contributed by atoms with Crippen molar-refractivity contribution in [1.82, 2.24) is 9.97 Å². The Hall–Kier alpha value is -2.19. The molecule has 9 heteroatoms. The van der Waals surface area contributed by atoms with Crippen LogP contribution in [0.15, 0.2) is 34.9 Å². The SMILES string of the molecule is COC(=O)c1cc(Cl)ccn1.NC(N)=Nc1nccs1. The van der Waals surface area contributed by atoms with Gasteiger partial charge >= 0.3 is 5.97 Å². The smallest absolute Gasteiger partial charge is 0.356 e. The van der Waals surface area contributed by atoms with E-state index in [1.165, 1.54) is 30.7 Å². The highest BCUT2D eigenvalue weighted by Crippen LogP contribution is 2.13. The molecule has 2 rings (SSSR count).